The van der Waals surface area contributed by atoms with Gasteiger partial charge in [-0.15, -0.1) is 0 Å². The normalized spacial score (nSPS) is 15.9. The van der Waals surface area contributed by atoms with Gasteiger partial charge < -0.3 is 15.0 Å². The molecule has 0 spiro atoms. The lowest BCUT2D eigenvalue weighted by atomic mass is 10.0. The van der Waals surface area contributed by atoms with E-state index in [1.807, 2.05) is 18.2 Å². The fourth-order valence-electron chi connectivity index (χ4n) is 3.15. The number of nitrogens with one attached hydrogen (secondary N) is 1. The Labute approximate surface area is 164 Å². The number of carbonyl (C=O) groups excluding carboxylic acids is 2. The van der Waals surface area contributed by atoms with Gasteiger partial charge in [0.05, 0.1) is 0 Å². The van der Waals surface area contributed by atoms with Crippen molar-refractivity contribution in [2.24, 2.45) is 0 Å². The average Bonchev–Trinajstić information content (AvgIpc) is 2.68. The molecule has 0 bridgehead atoms. The van der Waals surface area contributed by atoms with Gasteiger partial charge in [0.2, 0.25) is 0 Å². The quantitative estimate of drug-likeness (QED) is 0.855. The molecular formula is C21H23ClN2O3. The topological polar surface area (TPSA) is 58.6 Å². The van der Waals surface area contributed by atoms with Crippen LogP contribution in [0.2, 0.25) is 5.02 Å². The molecule has 1 heterocycles. The largest absolute Gasteiger partial charge is 0.481 e. The molecule has 27 heavy (non-hydrogen) atoms. The van der Waals surface area contributed by atoms with Gasteiger partial charge in [0.15, 0.2) is 6.10 Å². The number of halogens is 1. The average molecular weight is 387 g/mol. The molecule has 0 aromatic heterocycles. The summed E-state index contributed by atoms with van der Waals surface area (Å²) in [5.74, 6) is 0.453. The third-order valence-corrected chi connectivity index (χ3v) is 4.87. The molecule has 0 aliphatic carbocycles. The number of likely N-dealkylation sites (tertiary alicyclic amines) is 1. The molecule has 2 aromatic carbocycles. The fourth-order valence-corrected chi connectivity index (χ4v) is 3.33. The zero-order valence-electron chi connectivity index (χ0n) is 15.2. The molecule has 2 amide bonds. The van der Waals surface area contributed by atoms with Crippen molar-refractivity contribution in [3.63, 3.8) is 0 Å². The summed E-state index contributed by atoms with van der Waals surface area (Å²) >= 11 is 5.95. The second kappa shape index (κ2) is 8.91. The highest BCUT2D eigenvalue weighted by Crippen LogP contribution is 2.20. The van der Waals surface area contributed by atoms with Crippen LogP contribution in [0.5, 0.6) is 5.75 Å². The highest BCUT2D eigenvalue weighted by atomic mass is 35.5. The van der Waals surface area contributed by atoms with Gasteiger partial charge in [0, 0.05) is 29.7 Å². The number of hydrogen-bond acceptors (Lipinski definition) is 3. The number of amides is 2. The van der Waals surface area contributed by atoms with Crippen LogP contribution in [0.3, 0.4) is 0 Å². The first kappa shape index (κ1) is 19.2. The number of carbonyl (C=O) groups is 2. The van der Waals surface area contributed by atoms with Crippen molar-refractivity contribution in [2.45, 2.75) is 31.9 Å². The Hall–Kier alpha value is -2.53. The van der Waals surface area contributed by atoms with Crippen molar-refractivity contribution in [2.75, 3.05) is 13.1 Å². The summed E-state index contributed by atoms with van der Waals surface area (Å²) in [4.78, 5) is 26.7. The first-order chi connectivity index (χ1) is 13.0. The Kier molecular flexibility index (Phi) is 6.35. The van der Waals surface area contributed by atoms with E-state index in [0.717, 1.165) is 12.8 Å². The highest BCUT2D eigenvalue weighted by Gasteiger charge is 2.27. The minimum absolute atomic E-state index is 0.0530. The van der Waals surface area contributed by atoms with Gasteiger partial charge in [-0.25, -0.2) is 0 Å². The first-order valence-electron chi connectivity index (χ1n) is 9.10. The van der Waals surface area contributed by atoms with Crippen LogP contribution in [-0.2, 0) is 4.79 Å². The maximum atomic E-state index is 12.6. The van der Waals surface area contributed by atoms with Crippen molar-refractivity contribution in [1.29, 1.82) is 0 Å². The Morgan fingerprint density at radius 2 is 1.81 bits per heavy atom. The zero-order valence-corrected chi connectivity index (χ0v) is 16.0. The van der Waals surface area contributed by atoms with Crippen LogP contribution in [0.15, 0.2) is 54.6 Å². The second-order valence-electron chi connectivity index (χ2n) is 6.66. The molecule has 1 fully saturated rings. The maximum Gasteiger partial charge on any atom is 0.263 e. The van der Waals surface area contributed by atoms with Crippen molar-refractivity contribution < 1.29 is 14.3 Å². The molecule has 1 atom stereocenters. The van der Waals surface area contributed by atoms with Gasteiger partial charge in [0.25, 0.3) is 11.8 Å². The monoisotopic (exact) mass is 386 g/mol. The third-order valence-electron chi connectivity index (χ3n) is 4.63. The Bertz CT molecular complexity index is 789. The molecule has 5 nitrogen and oxygen atoms in total. The van der Waals surface area contributed by atoms with E-state index in [4.69, 9.17) is 16.3 Å². The smallest absolute Gasteiger partial charge is 0.263 e. The zero-order chi connectivity index (χ0) is 19.2. The minimum atomic E-state index is -0.584. The summed E-state index contributed by atoms with van der Waals surface area (Å²) in [6.07, 6.45) is 0.876. The summed E-state index contributed by atoms with van der Waals surface area (Å²) in [5, 5.41) is 3.62. The number of hydrogen-bond donors (Lipinski definition) is 1. The molecule has 142 valence electrons. The van der Waals surface area contributed by atoms with Crippen molar-refractivity contribution in [3.8, 4) is 5.75 Å². The number of piperidine rings is 1. The lowest BCUT2D eigenvalue weighted by Gasteiger charge is -2.33. The SMILES string of the molecule is CC(Oc1cccc(Cl)c1)C(=O)N1CCC(NC(=O)c2ccccc2)CC1. The lowest BCUT2D eigenvalue weighted by Crippen LogP contribution is -2.49. The Morgan fingerprint density at radius 1 is 1.11 bits per heavy atom. The fraction of sp³-hybridized carbons (Fsp3) is 0.333. The molecule has 1 saturated heterocycles. The molecule has 3 rings (SSSR count). The summed E-state index contributed by atoms with van der Waals surface area (Å²) < 4.78 is 5.71. The second-order valence-corrected chi connectivity index (χ2v) is 7.09. The van der Waals surface area contributed by atoms with E-state index in [0.29, 0.717) is 29.4 Å². The first-order valence-corrected chi connectivity index (χ1v) is 9.47. The summed E-state index contributed by atoms with van der Waals surface area (Å²) in [5.41, 5.74) is 0.652. The number of ether oxygens (including phenoxy) is 1. The number of rotatable bonds is 5. The highest BCUT2D eigenvalue weighted by molar-refractivity contribution is 6.30. The van der Waals surface area contributed by atoms with Crippen LogP contribution >= 0.6 is 11.6 Å². The Morgan fingerprint density at radius 3 is 2.48 bits per heavy atom. The maximum absolute atomic E-state index is 12.6. The summed E-state index contributed by atoms with van der Waals surface area (Å²) in [7, 11) is 0. The predicted octanol–water partition coefficient (Wildman–Crippen LogP) is 3.53. The summed E-state index contributed by atoms with van der Waals surface area (Å²) in [6.45, 7) is 2.94. The minimum Gasteiger partial charge on any atom is -0.481 e. The van der Waals surface area contributed by atoms with Crippen molar-refractivity contribution in [1.82, 2.24) is 10.2 Å². The van der Waals surface area contributed by atoms with Gasteiger partial charge in [-0.3, -0.25) is 9.59 Å². The van der Waals surface area contributed by atoms with Gasteiger partial charge in [-0.05, 0) is 50.1 Å². The number of nitrogens with zero attached hydrogens (tertiary/aromatic N) is 1. The van der Waals surface area contributed by atoms with Crippen LogP contribution in [0.25, 0.3) is 0 Å². The lowest BCUT2D eigenvalue weighted by molar-refractivity contribution is -0.139. The Balaban J connectivity index is 1.48. The molecule has 1 aliphatic heterocycles. The molecular weight excluding hydrogens is 364 g/mol. The molecule has 0 radical (unpaired) electrons. The van der Waals surface area contributed by atoms with Crippen LogP contribution in [-0.4, -0.2) is 41.9 Å². The van der Waals surface area contributed by atoms with Crippen LogP contribution < -0.4 is 10.1 Å². The van der Waals surface area contributed by atoms with E-state index >= 15 is 0 Å². The van der Waals surface area contributed by atoms with E-state index in [9.17, 15) is 9.59 Å². The molecule has 0 saturated carbocycles. The van der Waals surface area contributed by atoms with E-state index < -0.39 is 6.10 Å². The van der Waals surface area contributed by atoms with E-state index in [-0.39, 0.29) is 17.9 Å². The molecule has 2 aromatic rings. The molecule has 1 unspecified atom stereocenters. The number of benzene rings is 2. The van der Waals surface area contributed by atoms with E-state index in [2.05, 4.69) is 5.32 Å². The summed E-state index contributed by atoms with van der Waals surface area (Å²) in [6, 6.07) is 16.3. The third kappa shape index (κ3) is 5.23. The predicted molar refractivity (Wildman–Crippen MR) is 105 cm³/mol. The molecule has 1 aliphatic rings. The van der Waals surface area contributed by atoms with Gasteiger partial charge in [-0.2, -0.15) is 0 Å². The van der Waals surface area contributed by atoms with E-state index in [1.165, 1.54) is 0 Å². The van der Waals surface area contributed by atoms with Crippen LogP contribution in [0.4, 0.5) is 0 Å². The standard InChI is InChI=1S/C21H23ClN2O3/c1-15(27-19-9-5-8-17(22)14-19)21(26)24-12-10-18(11-13-24)23-20(25)16-6-3-2-4-7-16/h2-9,14-15,18H,10-13H2,1H3,(H,23,25). The van der Waals surface area contributed by atoms with Gasteiger partial charge in [0.1, 0.15) is 5.75 Å². The van der Waals surface area contributed by atoms with Crippen LogP contribution in [0, 0.1) is 0 Å². The molecule has 1 N–H and O–H groups in total. The van der Waals surface area contributed by atoms with Crippen molar-refractivity contribution >= 4 is 23.4 Å². The van der Waals surface area contributed by atoms with Crippen molar-refractivity contribution in [3.05, 3.63) is 65.2 Å². The molecule has 6 heteroatoms. The van der Waals surface area contributed by atoms with Gasteiger partial charge in [-0.1, -0.05) is 35.9 Å². The van der Waals surface area contributed by atoms with E-state index in [1.54, 1.807) is 48.2 Å². The van der Waals surface area contributed by atoms with Gasteiger partial charge >= 0.3 is 0 Å². The van der Waals surface area contributed by atoms with Crippen LogP contribution in [0.1, 0.15) is 30.1 Å².